The molecule has 0 aliphatic heterocycles. The zero-order valence-corrected chi connectivity index (χ0v) is 11.0. The molecular formula is C12H14N2O3S. The predicted octanol–water partition coefficient (Wildman–Crippen LogP) is 2.32. The number of benzene rings is 1. The van der Waals surface area contributed by atoms with Crippen molar-refractivity contribution in [1.29, 1.82) is 5.26 Å². The average Bonchev–Trinajstić information content (AvgIpc) is 2.39. The molecule has 0 radical (unpaired) electrons. The number of nitrogens with zero attached hydrogens (tertiary/aromatic N) is 2. The van der Waals surface area contributed by atoms with Crippen LogP contribution < -0.4 is 0 Å². The zero-order chi connectivity index (χ0) is 13.6. The highest BCUT2D eigenvalue weighted by molar-refractivity contribution is 7.86. The van der Waals surface area contributed by atoms with Crippen molar-refractivity contribution in [2.24, 2.45) is 11.1 Å². The molecule has 1 rings (SSSR count). The summed E-state index contributed by atoms with van der Waals surface area (Å²) < 4.78 is 28.0. The molecule has 0 N–H and O–H groups in total. The van der Waals surface area contributed by atoms with Gasteiger partial charge in [0.25, 0.3) is 0 Å². The molecule has 0 saturated carbocycles. The molecule has 5 nitrogen and oxygen atoms in total. The van der Waals surface area contributed by atoms with E-state index in [9.17, 15) is 8.42 Å². The van der Waals surface area contributed by atoms with Gasteiger partial charge >= 0.3 is 10.1 Å². The minimum atomic E-state index is -3.90. The molecule has 1 atom stereocenters. The maximum atomic E-state index is 11.7. The first-order chi connectivity index (χ1) is 8.51. The standard InChI is InChI=1S/C12H14N2O3S/c1-3-11(9-13)10(2)14-17-18(15,16)12-7-5-4-6-8-12/h4-8,11H,3H2,1-2H3/b14-10+. The average molecular weight is 266 g/mol. The van der Waals surface area contributed by atoms with Gasteiger partial charge < -0.3 is 0 Å². The molecule has 0 bridgehead atoms. The van der Waals surface area contributed by atoms with E-state index in [4.69, 9.17) is 5.26 Å². The Morgan fingerprint density at radius 3 is 2.56 bits per heavy atom. The molecule has 0 saturated heterocycles. The van der Waals surface area contributed by atoms with Crippen LogP contribution >= 0.6 is 0 Å². The predicted molar refractivity (Wildman–Crippen MR) is 67.2 cm³/mol. The van der Waals surface area contributed by atoms with Crippen LogP contribution in [0.5, 0.6) is 0 Å². The first kappa shape index (κ1) is 14.2. The molecule has 0 aromatic heterocycles. The number of nitriles is 1. The molecule has 18 heavy (non-hydrogen) atoms. The van der Waals surface area contributed by atoms with Crippen molar-refractivity contribution in [2.45, 2.75) is 25.2 Å². The Morgan fingerprint density at radius 1 is 1.44 bits per heavy atom. The summed E-state index contributed by atoms with van der Waals surface area (Å²) in [7, 11) is -3.90. The Labute approximate surface area is 107 Å². The van der Waals surface area contributed by atoms with E-state index in [0.717, 1.165) is 0 Å². The van der Waals surface area contributed by atoms with Crippen molar-refractivity contribution >= 4 is 15.8 Å². The minimum Gasteiger partial charge on any atom is -0.265 e. The van der Waals surface area contributed by atoms with Gasteiger partial charge in [-0.05, 0) is 25.5 Å². The molecule has 1 aromatic rings. The minimum absolute atomic E-state index is 0.0338. The van der Waals surface area contributed by atoms with Crippen molar-refractivity contribution < 1.29 is 12.7 Å². The van der Waals surface area contributed by atoms with Gasteiger partial charge in [0, 0.05) is 0 Å². The summed E-state index contributed by atoms with van der Waals surface area (Å²) in [6.07, 6.45) is 0.556. The summed E-state index contributed by atoms with van der Waals surface area (Å²) in [6, 6.07) is 9.75. The SMILES string of the molecule is CCC(C#N)/C(C)=N/OS(=O)(=O)c1ccccc1. The van der Waals surface area contributed by atoms with Gasteiger partial charge in [-0.25, -0.2) is 0 Å². The number of oxime groups is 1. The number of rotatable bonds is 5. The van der Waals surface area contributed by atoms with Crippen LogP contribution in [0.15, 0.2) is 40.4 Å². The molecule has 0 amide bonds. The lowest BCUT2D eigenvalue weighted by Crippen LogP contribution is -2.10. The molecule has 0 heterocycles. The van der Waals surface area contributed by atoms with Crippen molar-refractivity contribution in [1.82, 2.24) is 0 Å². The van der Waals surface area contributed by atoms with Crippen molar-refractivity contribution in [2.75, 3.05) is 0 Å². The summed E-state index contributed by atoms with van der Waals surface area (Å²) in [5, 5.41) is 12.3. The van der Waals surface area contributed by atoms with Crippen molar-refractivity contribution in [3.8, 4) is 6.07 Å². The Kier molecular flexibility index (Phi) is 4.86. The van der Waals surface area contributed by atoms with Gasteiger partial charge in [-0.3, -0.25) is 4.28 Å². The second-order valence-electron chi connectivity index (χ2n) is 3.66. The molecule has 0 spiro atoms. The van der Waals surface area contributed by atoms with Crippen molar-refractivity contribution in [3.63, 3.8) is 0 Å². The van der Waals surface area contributed by atoms with Gasteiger partial charge in [0.05, 0.1) is 17.7 Å². The number of hydrogen-bond acceptors (Lipinski definition) is 5. The monoisotopic (exact) mass is 266 g/mol. The van der Waals surface area contributed by atoms with Crippen LogP contribution in [0.3, 0.4) is 0 Å². The van der Waals surface area contributed by atoms with Crippen LogP contribution in [0.2, 0.25) is 0 Å². The fourth-order valence-corrected chi connectivity index (χ4v) is 2.07. The highest BCUT2D eigenvalue weighted by atomic mass is 32.2. The Morgan fingerprint density at radius 2 is 2.06 bits per heavy atom. The van der Waals surface area contributed by atoms with Gasteiger partial charge in [-0.15, -0.1) is 0 Å². The van der Waals surface area contributed by atoms with E-state index in [0.29, 0.717) is 12.1 Å². The third-order valence-electron chi connectivity index (χ3n) is 2.38. The van der Waals surface area contributed by atoms with E-state index in [1.165, 1.54) is 12.1 Å². The summed E-state index contributed by atoms with van der Waals surface area (Å²) in [6.45, 7) is 3.39. The molecule has 1 unspecified atom stereocenters. The summed E-state index contributed by atoms with van der Waals surface area (Å²) >= 11 is 0. The highest BCUT2D eigenvalue weighted by Gasteiger charge is 2.16. The molecule has 0 aliphatic carbocycles. The molecular weight excluding hydrogens is 252 g/mol. The number of hydrogen-bond donors (Lipinski definition) is 0. The fraction of sp³-hybridized carbons (Fsp3) is 0.333. The highest BCUT2D eigenvalue weighted by Crippen LogP contribution is 2.13. The van der Waals surface area contributed by atoms with Gasteiger partial charge in [-0.2, -0.15) is 13.7 Å². The van der Waals surface area contributed by atoms with Gasteiger partial charge in [0.15, 0.2) is 0 Å². The first-order valence-corrected chi connectivity index (χ1v) is 6.85. The zero-order valence-electron chi connectivity index (χ0n) is 10.2. The summed E-state index contributed by atoms with van der Waals surface area (Å²) in [4.78, 5) is 0.0338. The lowest BCUT2D eigenvalue weighted by atomic mass is 10.0. The molecule has 6 heteroatoms. The van der Waals surface area contributed by atoms with E-state index in [1.54, 1.807) is 25.1 Å². The third-order valence-corrected chi connectivity index (χ3v) is 3.50. The second kappa shape index (κ2) is 6.17. The van der Waals surface area contributed by atoms with Crippen LogP contribution in [0, 0.1) is 17.2 Å². The molecule has 0 fully saturated rings. The lowest BCUT2D eigenvalue weighted by Gasteiger charge is -2.05. The van der Waals surface area contributed by atoms with E-state index in [1.807, 2.05) is 13.0 Å². The summed E-state index contributed by atoms with van der Waals surface area (Å²) in [5.74, 6) is -0.434. The Balaban J connectivity index is 2.87. The van der Waals surface area contributed by atoms with Gasteiger partial charge in [-0.1, -0.05) is 30.3 Å². The van der Waals surface area contributed by atoms with Crippen LogP contribution in [-0.4, -0.2) is 14.1 Å². The molecule has 0 aliphatic rings. The van der Waals surface area contributed by atoms with E-state index in [2.05, 4.69) is 9.44 Å². The van der Waals surface area contributed by atoms with Gasteiger partial charge in [0.1, 0.15) is 4.90 Å². The maximum Gasteiger partial charge on any atom is 0.358 e. The van der Waals surface area contributed by atoms with Crippen LogP contribution in [-0.2, 0) is 14.4 Å². The summed E-state index contributed by atoms with van der Waals surface area (Å²) in [5.41, 5.74) is 0.347. The Hall–Kier alpha value is -1.87. The van der Waals surface area contributed by atoms with Gasteiger partial charge in [0.2, 0.25) is 0 Å². The normalized spacial score (nSPS) is 13.7. The topological polar surface area (TPSA) is 79.5 Å². The third kappa shape index (κ3) is 3.57. The first-order valence-electron chi connectivity index (χ1n) is 5.44. The smallest absolute Gasteiger partial charge is 0.265 e. The maximum absolute atomic E-state index is 11.7. The Bertz CT molecular complexity index is 559. The molecule has 96 valence electrons. The van der Waals surface area contributed by atoms with E-state index < -0.39 is 16.0 Å². The van der Waals surface area contributed by atoms with Crippen LogP contribution in [0.25, 0.3) is 0 Å². The van der Waals surface area contributed by atoms with Crippen molar-refractivity contribution in [3.05, 3.63) is 30.3 Å². The fourth-order valence-electron chi connectivity index (χ4n) is 1.28. The quantitative estimate of drug-likeness (QED) is 0.605. The van der Waals surface area contributed by atoms with E-state index >= 15 is 0 Å². The lowest BCUT2D eigenvalue weighted by molar-refractivity contribution is 0.336. The van der Waals surface area contributed by atoms with E-state index in [-0.39, 0.29) is 4.90 Å². The largest absolute Gasteiger partial charge is 0.358 e. The van der Waals surface area contributed by atoms with Crippen LogP contribution in [0.1, 0.15) is 20.3 Å². The van der Waals surface area contributed by atoms with Crippen LogP contribution in [0.4, 0.5) is 0 Å². The second-order valence-corrected chi connectivity index (χ2v) is 5.19. The molecule has 1 aromatic carbocycles.